The molecule has 0 saturated carbocycles. The summed E-state index contributed by atoms with van der Waals surface area (Å²) in [5.41, 5.74) is 7.04. The van der Waals surface area contributed by atoms with E-state index in [1.165, 1.54) is 12.1 Å². The molecule has 1 aliphatic rings. The van der Waals surface area contributed by atoms with E-state index in [9.17, 15) is 4.39 Å². The van der Waals surface area contributed by atoms with E-state index >= 15 is 0 Å². The zero-order chi connectivity index (χ0) is 13.7. The highest BCUT2D eigenvalue weighted by molar-refractivity contribution is 5.47. The molecule has 1 fully saturated rings. The number of benzene rings is 1. The second-order valence-electron chi connectivity index (χ2n) is 5.02. The lowest BCUT2D eigenvalue weighted by Gasteiger charge is -2.39. The SMILES string of the molecule is CCN(c1ccc(F)cc1)C(CN)C1CCOCC1. The lowest BCUT2D eigenvalue weighted by atomic mass is 9.90. The van der Waals surface area contributed by atoms with E-state index in [0.717, 1.165) is 38.3 Å². The molecule has 0 spiro atoms. The molecule has 1 aromatic rings. The fourth-order valence-electron chi connectivity index (χ4n) is 2.92. The molecule has 1 heterocycles. The second-order valence-corrected chi connectivity index (χ2v) is 5.02. The largest absolute Gasteiger partial charge is 0.381 e. The predicted molar refractivity (Wildman–Crippen MR) is 75.8 cm³/mol. The van der Waals surface area contributed by atoms with Gasteiger partial charge >= 0.3 is 0 Å². The molecule has 4 heteroatoms. The Morgan fingerprint density at radius 1 is 1.32 bits per heavy atom. The average Bonchev–Trinajstić information content (AvgIpc) is 2.47. The molecule has 0 aromatic heterocycles. The van der Waals surface area contributed by atoms with Crippen LogP contribution >= 0.6 is 0 Å². The third kappa shape index (κ3) is 3.45. The van der Waals surface area contributed by atoms with Gasteiger partial charge < -0.3 is 15.4 Å². The number of ether oxygens (including phenoxy) is 1. The van der Waals surface area contributed by atoms with Crippen LogP contribution in [0.3, 0.4) is 0 Å². The first kappa shape index (κ1) is 14.3. The third-order valence-electron chi connectivity index (χ3n) is 3.95. The molecular formula is C15H23FN2O. The van der Waals surface area contributed by atoms with Crippen molar-refractivity contribution in [2.24, 2.45) is 11.7 Å². The van der Waals surface area contributed by atoms with Gasteiger partial charge in [0.25, 0.3) is 0 Å². The Balaban J connectivity index is 2.15. The number of nitrogens with zero attached hydrogens (tertiary/aromatic N) is 1. The molecule has 0 bridgehead atoms. The minimum Gasteiger partial charge on any atom is -0.381 e. The van der Waals surface area contributed by atoms with E-state index in [-0.39, 0.29) is 5.82 Å². The van der Waals surface area contributed by atoms with Crippen molar-refractivity contribution in [1.29, 1.82) is 0 Å². The summed E-state index contributed by atoms with van der Waals surface area (Å²) in [7, 11) is 0. The second kappa shape index (κ2) is 6.87. The molecule has 0 aliphatic carbocycles. The fourth-order valence-corrected chi connectivity index (χ4v) is 2.92. The van der Waals surface area contributed by atoms with Gasteiger partial charge in [0.05, 0.1) is 0 Å². The van der Waals surface area contributed by atoms with E-state index < -0.39 is 0 Å². The summed E-state index contributed by atoms with van der Waals surface area (Å²) in [6.45, 7) is 5.26. The van der Waals surface area contributed by atoms with Gasteiger partial charge in [0, 0.05) is 38.0 Å². The van der Waals surface area contributed by atoms with Crippen molar-refractivity contribution in [3.05, 3.63) is 30.1 Å². The van der Waals surface area contributed by atoms with Crippen LogP contribution in [0.4, 0.5) is 10.1 Å². The summed E-state index contributed by atoms with van der Waals surface area (Å²) >= 11 is 0. The standard InChI is InChI=1S/C15H23FN2O/c1-2-18(14-5-3-13(16)4-6-14)15(11-17)12-7-9-19-10-8-12/h3-6,12,15H,2,7-11,17H2,1H3. The number of halogens is 1. The molecular weight excluding hydrogens is 243 g/mol. The molecule has 19 heavy (non-hydrogen) atoms. The van der Waals surface area contributed by atoms with E-state index in [4.69, 9.17) is 10.5 Å². The zero-order valence-electron chi connectivity index (χ0n) is 11.5. The topological polar surface area (TPSA) is 38.5 Å². The first-order chi connectivity index (χ1) is 9.26. The van der Waals surface area contributed by atoms with Gasteiger partial charge in [0.15, 0.2) is 0 Å². The van der Waals surface area contributed by atoms with Crippen LogP contribution in [0.25, 0.3) is 0 Å². The molecule has 2 N–H and O–H groups in total. The monoisotopic (exact) mass is 266 g/mol. The van der Waals surface area contributed by atoms with E-state index in [1.807, 2.05) is 12.1 Å². The summed E-state index contributed by atoms with van der Waals surface area (Å²) in [5.74, 6) is 0.360. The van der Waals surface area contributed by atoms with Gasteiger partial charge in [-0.3, -0.25) is 0 Å². The predicted octanol–water partition coefficient (Wildman–Crippen LogP) is 2.41. The minimum absolute atomic E-state index is 0.199. The van der Waals surface area contributed by atoms with Crippen LogP contribution in [0.2, 0.25) is 0 Å². The molecule has 1 saturated heterocycles. The summed E-state index contributed by atoms with van der Waals surface area (Å²) in [6.07, 6.45) is 2.11. The smallest absolute Gasteiger partial charge is 0.123 e. The van der Waals surface area contributed by atoms with E-state index in [0.29, 0.717) is 18.5 Å². The number of rotatable bonds is 5. The van der Waals surface area contributed by atoms with Crippen LogP contribution in [0.5, 0.6) is 0 Å². The first-order valence-electron chi connectivity index (χ1n) is 7.06. The van der Waals surface area contributed by atoms with Gasteiger partial charge in [-0.25, -0.2) is 4.39 Å². The van der Waals surface area contributed by atoms with Crippen LogP contribution in [-0.2, 0) is 4.74 Å². The number of nitrogens with two attached hydrogens (primary N) is 1. The molecule has 3 nitrogen and oxygen atoms in total. The zero-order valence-corrected chi connectivity index (χ0v) is 11.5. The summed E-state index contributed by atoms with van der Waals surface area (Å²) < 4.78 is 18.5. The Hall–Kier alpha value is -1.13. The van der Waals surface area contributed by atoms with Gasteiger partial charge in [-0.2, -0.15) is 0 Å². The van der Waals surface area contributed by atoms with Crippen molar-refractivity contribution in [3.63, 3.8) is 0 Å². The highest BCUT2D eigenvalue weighted by Crippen LogP contribution is 2.26. The van der Waals surface area contributed by atoms with Crippen molar-refractivity contribution < 1.29 is 9.13 Å². The van der Waals surface area contributed by atoms with Crippen molar-refractivity contribution in [3.8, 4) is 0 Å². The number of hydrogen-bond donors (Lipinski definition) is 1. The van der Waals surface area contributed by atoms with Crippen LogP contribution < -0.4 is 10.6 Å². The Labute approximate surface area is 114 Å². The molecule has 1 atom stereocenters. The number of anilines is 1. The number of likely N-dealkylation sites (N-methyl/N-ethyl adjacent to an activating group) is 1. The maximum atomic E-state index is 13.0. The van der Waals surface area contributed by atoms with Crippen molar-refractivity contribution in [2.45, 2.75) is 25.8 Å². The molecule has 1 aromatic carbocycles. The highest BCUT2D eigenvalue weighted by atomic mass is 19.1. The summed E-state index contributed by atoms with van der Waals surface area (Å²) in [5, 5.41) is 0. The van der Waals surface area contributed by atoms with E-state index in [1.54, 1.807) is 0 Å². The maximum Gasteiger partial charge on any atom is 0.123 e. The Bertz CT molecular complexity index is 376. The van der Waals surface area contributed by atoms with Crippen LogP contribution in [-0.4, -0.2) is 32.3 Å². The van der Waals surface area contributed by atoms with Crippen LogP contribution in [0, 0.1) is 11.7 Å². The molecule has 1 unspecified atom stereocenters. The lowest BCUT2D eigenvalue weighted by molar-refractivity contribution is 0.0584. The van der Waals surface area contributed by atoms with Crippen molar-refractivity contribution in [2.75, 3.05) is 31.2 Å². The highest BCUT2D eigenvalue weighted by Gasteiger charge is 2.27. The Morgan fingerprint density at radius 3 is 2.47 bits per heavy atom. The summed E-state index contributed by atoms with van der Waals surface area (Å²) in [6, 6.07) is 6.99. The summed E-state index contributed by atoms with van der Waals surface area (Å²) in [4.78, 5) is 2.29. The van der Waals surface area contributed by atoms with Crippen LogP contribution in [0.15, 0.2) is 24.3 Å². The van der Waals surface area contributed by atoms with Crippen LogP contribution in [0.1, 0.15) is 19.8 Å². The molecule has 2 rings (SSSR count). The van der Waals surface area contributed by atoms with Gasteiger partial charge in [0.2, 0.25) is 0 Å². The van der Waals surface area contributed by atoms with Gasteiger partial charge in [-0.15, -0.1) is 0 Å². The molecule has 106 valence electrons. The van der Waals surface area contributed by atoms with Gasteiger partial charge in [-0.1, -0.05) is 0 Å². The van der Waals surface area contributed by atoms with E-state index in [2.05, 4.69) is 11.8 Å². The van der Waals surface area contributed by atoms with Crippen molar-refractivity contribution >= 4 is 5.69 Å². The van der Waals surface area contributed by atoms with Gasteiger partial charge in [-0.05, 0) is 49.9 Å². The molecule has 1 aliphatic heterocycles. The van der Waals surface area contributed by atoms with Crippen molar-refractivity contribution in [1.82, 2.24) is 0 Å². The average molecular weight is 266 g/mol. The minimum atomic E-state index is -0.199. The fraction of sp³-hybridized carbons (Fsp3) is 0.600. The molecule has 0 amide bonds. The normalized spacial score (nSPS) is 18.3. The molecule has 0 radical (unpaired) electrons. The maximum absolute atomic E-state index is 13.0. The number of hydrogen-bond acceptors (Lipinski definition) is 3. The Kier molecular flexibility index (Phi) is 5.16. The quantitative estimate of drug-likeness (QED) is 0.889. The van der Waals surface area contributed by atoms with Gasteiger partial charge in [0.1, 0.15) is 5.82 Å². The third-order valence-corrected chi connectivity index (χ3v) is 3.95. The first-order valence-corrected chi connectivity index (χ1v) is 7.06. The lowest BCUT2D eigenvalue weighted by Crippen LogP contribution is -2.47. The Morgan fingerprint density at radius 2 is 1.95 bits per heavy atom.